The summed E-state index contributed by atoms with van der Waals surface area (Å²) in [6.45, 7) is 0. The summed E-state index contributed by atoms with van der Waals surface area (Å²) in [5.41, 5.74) is 9.33. The lowest BCUT2D eigenvalue weighted by molar-refractivity contribution is 0.535. The number of rotatable bonds is 4. The second-order valence-corrected chi connectivity index (χ2v) is 12.6. The fourth-order valence-electron chi connectivity index (χ4n) is 7.68. The van der Waals surface area contributed by atoms with Crippen molar-refractivity contribution in [2.45, 2.75) is 31.1 Å². The van der Waals surface area contributed by atoms with Crippen LogP contribution < -0.4 is 0 Å². The van der Waals surface area contributed by atoms with E-state index < -0.39 is 0 Å². The third kappa shape index (κ3) is 4.32. The first kappa shape index (κ1) is 26.1. The topological polar surface area (TPSA) is 25.8 Å². The van der Waals surface area contributed by atoms with E-state index in [0.29, 0.717) is 0 Å². The molecule has 2 heteroatoms. The highest BCUT2D eigenvalue weighted by atomic mass is 14.7. The number of aromatic nitrogens is 2. The van der Waals surface area contributed by atoms with Crippen LogP contribution in [0, 0.1) is 0 Å². The molecule has 0 atom stereocenters. The van der Waals surface area contributed by atoms with Gasteiger partial charge in [-0.05, 0) is 46.9 Å². The SMILES string of the molecule is c1ccc2c(c1)ccc1ccc(-c3ccc(C4(c5ccc(-c6ccc7ccc8ccccc8c7n6)cc5)CCCC4)cc3)nc12. The third-order valence-electron chi connectivity index (χ3n) is 10.1. The molecule has 8 aromatic rings. The number of pyridine rings is 2. The number of nitrogens with zero attached hydrogens (tertiary/aromatic N) is 2. The van der Waals surface area contributed by atoms with Crippen LogP contribution in [0.3, 0.4) is 0 Å². The Hall–Kier alpha value is -5.34. The van der Waals surface area contributed by atoms with Crippen molar-refractivity contribution in [3.63, 3.8) is 0 Å². The van der Waals surface area contributed by atoms with Gasteiger partial charge in [-0.2, -0.15) is 0 Å². The number of fused-ring (bicyclic) bond motifs is 6. The standard InChI is InChI=1S/C43H32N2/c1-3-9-37-29(7-1)11-13-33-19-25-39(44-41(33)37)31-15-21-35(22-16-31)43(27-5-6-28-43)36-23-17-32(18-24-36)40-26-20-34-14-12-30-8-2-4-10-38(30)42(34)45-40/h1-4,7-26H,5-6,27-28H2. The first-order valence-corrected chi connectivity index (χ1v) is 16.0. The Morgan fingerprint density at radius 3 is 1.24 bits per heavy atom. The second-order valence-electron chi connectivity index (χ2n) is 12.6. The molecule has 0 spiro atoms. The molecule has 0 unspecified atom stereocenters. The zero-order chi connectivity index (χ0) is 29.8. The van der Waals surface area contributed by atoms with E-state index in [1.54, 1.807) is 0 Å². The van der Waals surface area contributed by atoms with Crippen LogP contribution in [0.15, 0.2) is 146 Å². The summed E-state index contributed by atoms with van der Waals surface area (Å²) >= 11 is 0. The lowest BCUT2D eigenvalue weighted by Crippen LogP contribution is -2.23. The lowest BCUT2D eigenvalue weighted by atomic mass is 9.73. The van der Waals surface area contributed by atoms with Crippen LogP contribution in [0.5, 0.6) is 0 Å². The van der Waals surface area contributed by atoms with E-state index >= 15 is 0 Å². The molecule has 1 fully saturated rings. The average Bonchev–Trinajstić information content (AvgIpc) is 3.63. The molecule has 1 aliphatic rings. The van der Waals surface area contributed by atoms with Crippen molar-refractivity contribution in [3.05, 3.63) is 157 Å². The van der Waals surface area contributed by atoms with Crippen molar-refractivity contribution in [2.75, 3.05) is 0 Å². The Labute approximate surface area is 263 Å². The van der Waals surface area contributed by atoms with Crippen LogP contribution in [0.25, 0.3) is 65.9 Å². The maximum Gasteiger partial charge on any atom is 0.0787 e. The van der Waals surface area contributed by atoms with Crippen LogP contribution in [-0.4, -0.2) is 9.97 Å². The first-order chi connectivity index (χ1) is 22.2. The maximum atomic E-state index is 5.14. The van der Waals surface area contributed by atoms with Gasteiger partial charge in [-0.25, -0.2) is 9.97 Å². The van der Waals surface area contributed by atoms with Crippen molar-refractivity contribution in [2.24, 2.45) is 0 Å². The van der Waals surface area contributed by atoms with Crippen molar-refractivity contribution >= 4 is 43.4 Å². The molecule has 6 aromatic carbocycles. The fourth-order valence-corrected chi connectivity index (χ4v) is 7.68. The number of benzene rings is 6. The van der Waals surface area contributed by atoms with Gasteiger partial charge in [0.05, 0.1) is 22.4 Å². The molecule has 0 saturated heterocycles. The van der Waals surface area contributed by atoms with Gasteiger partial charge in [0.2, 0.25) is 0 Å². The maximum absolute atomic E-state index is 5.14. The molecule has 0 aliphatic heterocycles. The van der Waals surface area contributed by atoms with Crippen LogP contribution in [0.4, 0.5) is 0 Å². The van der Waals surface area contributed by atoms with Gasteiger partial charge < -0.3 is 0 Å². The summed E-state index contributed by atoms with van der Waals surface area (Å²) in [5, 5.41) is 7.21. The Balaban J connectivity index is 1.05. The molecule has 1 saturated carbocycles. The highest BCUT2D eigenvalue weighted by Gasteiger charge is 2.37. The van der Waals surface area contributed by atoms with E-state index in [1.165, 1.54) is 69.1 Å². The molecule has 2 heterocycles. The molecule has 2 aromatic heterocycles. The van der Waals surface area contributed by atoms with E-state index in [0.717, 1.165) is 33.5 Å². The van der Waals surface area contributed by atoms with Crippen LogP contribution in [-0.2, 0) is 5.41 Å². The monoisotopic (exact) mass is 576 g/mol. The quantitative estimate of drug-likeness (QED) is 0.195. The van der Waals surface area contributed by atoms with Gasteiger partial charge in [0, 0.05) is 38.1 Å². The smallest absolute Gasteiger partial charge is 0.0787 e. The molecule has 214 valence electrons. The minimum atomic E-state index is 0.0388. The van der Waals surface area contributed by atoms with Gasteiger partial charge in [0.1, 0.15) is 0 Å². The van der Waals surface area contributed by atoms with Gasteiger partial charge in [0.15, 0.2) is 0 Å². The zero-order valence-corrected chi connectivity index (χ0v) is 25.1. The summed E-state index contributed by atoms with van der Waals surface area (Å²) in [4.78, 5) is 10.3. The number of hydrogen-bond acceptors (Lipinski definition) is 2. The Bertz CT molecular complexity index is 2200. The molecule has 0 amide bonds. The largest absolute Gasteiger partial charge is 0.247 e. The van der Waals surface area contributed by atoms with Crippen molar-refractivity contribution in [1.82, 2.24) is 9.97 Å². The third-order valence-corrected chi connectivity index (χ3v) is 10.1. The van der Waals surface area contributed by atoms with Gasteiger partial charge in [0.25, 0.3) is 0 Å². The van der Waals surface area contributed by atoms with Gasteiger partial charge >= 0.3 is 0 Å². The van der Waals surface area contributed by atoms with Crippen LogP contribution in [0.1, 0.15) is 36.8 Å². The van der Waals surface area contributed by atoms with Gasteiger partial charge in [-0.15, -0.1) is 0 Å². The normalized spacial score (nSPS) is 14.5. The second kappa shape index (κ2) is 10.4. The van der Waals surface area contributed by atoms with Gasteiger partial charge in [-0.1, -0.05) is 146 Å². The van der Waals surface area contributed by atoms with Crippen molar-refractivity contribution in [3.8, 4) is 22.5 Å². The lowest BCUT2D eigenvalue weighted by Gasteiger charge is -2.31. The first-order valence-electron chi connectivity index (χ1n) is 16.0. The molecule has 0 radical (unpaired) electrons. The van der Waals surface area contributed by atoms with E-state index in [-0.39, 0.29) is 5.41 Å². The predicted molar refractivity (Wildman–Crippen MR) is 189 cm³/mol. The minimum absolute atomic E-state index is 0.0388. The summed E-state index contributed by atoms with van der Waals surface area (Å²) in [6, 6.07) is 52.9. The predicted octanol–water partition coefficient (Wildman–Crippen LogP) is 11.3. The molecule has 0 N–H and O–H groups in total. The summed E-state index contributed by atoms with van der Waals surface area (Å²) < 4.78 is 0. The Morgan fingerprint density at radius 2 is 0.778 bits per heavy atom. The molecule has 0 bridgehead atoms. The minimum Gasteiger partial charge on any atom is -0.247 e. The highest BCUT2D eigenvalue weighted by molar-refractivity contribution is 6.06. The number of hydrogen-bond donors (Lipinski definition) is 0. The summed E-state index contributed by atoms with van der Waals surface area (Å²) in [6.07, 6.45) is 4.85. The molecule has 45 heavy (non-hydrogen) atoms. The molecule has 1 aliphatic carbocycles. The van der Waals surface area contributed by atoms with E-state index in [1.807, 2.05) is 0 Å². The summed E-state index contributed by atoms with van der Waals surface area (Å²) in [5.74, 6) is 0. The fraction of sp³-hybridized carbons (Fsp3) is 0.116. The highest BCUT2D eigenvalue weighted by Crippen LogP contribution is 2.47. The Kier molecular flexibility index (Phi) is 6.02. The van der Waals surface area contributed by atoms with Crippen molar-refractivity contribution < 1.29 is 0 Å². The van der Waals surface area contributed by atoms with Crippen LogP contribution in [0.2, 0.25) is 0 Å². The average molecular weight is 577 g/mol. The van der Waals surface area contributed by atoms with E-state index in [2.05, 4.69) is 146 Å². The van der Waals surface area contributed by atoms with Gasteiger partial charge in [-0.3, -0.25) is 0 Å². The molecular formula is C43H32N2. The zero-order valence-electron chi connectivity index (χ0n) is 25.1. The Morgan fingerprint density at radius 1 is 0.378 bits per heavy atom. The van der Waals surface area contributed by atoms with Crippen molar-refractivity contribution in [1.29, 1.82) is 0 Å². The molecule has 9 rings (SSSR count). The van der Waals surface area contributed by atoms with Crippen LogP contribution >= 0.6 is 0 Å². The van der Waals surface area contributed by atoms with E-state index in [4.69, 9.17) is 9.97 Å². The summed E-state index contributed by atoms with van der Waals surface area (Å²) in [7, 11) is 0. The van der Waals surface area contributed by atoms with E-state index in [9.17, 15) is 0 Å². The molecule has 2 nitrogen and oxygen atoms in total. The molecular weight excluding hydrogens is 544 g/mol.